The molecule has 0 fully saturated rings. The molecule has 0 bridgehead atoms. The lowest BCUT2D eigenvalue weighted by atomic mass is 10.1. The van der Waals surface area contributed by atoms with Crippen LogP contribution >= 0.6 is 15.9 Å². The molecular formula is C11H18BrN3O. The van der Waals surface area contributed by atoms with Gasteiger partial charge in [0.1, 0.15) is 5.82 Å². The Morgan fingerprint density at radius 1 is 1.44 bits per heavy atom. The van der Waals surface area contributed by atoms with Gasteiger partial charge < -0.3 is 10.1 Å². The van der Waals surface area contributed by atoms with Crippen LogP contribution in [0.15, 0.2) is 12.4 Å². The number of aromatic nitrogens is 2. The van der Waals surface area contributed by atoms with E-state index in [2.05, 4.69) is 45.1 Å². The number of nitrogens with one attached hydrogen (secondary N) is 1. The molecule has 1 N–H and O–H groups in total. The van der Waals surface area contributed by atoms with Crippen LogP contribution in [0.25, 0.3) is 0 Å². The van der Waals surface area contributed by atoms with Crippen LogP contribution in [0.3, 0.4) is 0 Å². The molecule has 2 unspecified atom stereocenters. The molecule has 0 saturated carbocycles. The first kappa shape index (κ1) is 13.2. The molecule has 0 radical (unpaired) electrons. The standard InChI is InChI=1S/C11H18BrN3O/c1-4-16-11-7-13-6-10(15-11)14-9(3)8(2)5-12/h6-9H,4-5H2,1-3H3,(H,14,15). The molecule has 0 amide bonds. The van der Waals surface area contributed by atoms with E-state index in [0.29, 0.717) is 24.4 Å². The minimum absolute atomic E-state index is 0.338. The number of hydrogen-bond acceptors (Lipinski definition) is 4. The van der Waals surface area contributed by atoms with Crippen LogP contribution in [0.5, 0.6) is 5.88 Å². The molecule has 0 saturated heterocycles. The van der Waals surface area contributed by atoms with Gasteiger partial charge in [-0.05, 0) is 19.8 Å². The summed E-state index contributed by atoms with van der Waals surface area (Å²) in [7, 11) is 0. The minimum atomic E-state index is 0.338. The summed E-state index contributed by atoms with van der Waals surface area (Å²) >= 11 is 3.47. The molecule has 1 aromatic heterocycles. The first-order chi connectivity index (χ1) is 7.67. The molecule has 0 aliphatic carbocycles. The number of hydrogen-bond donors (Lipinski definition) is 1. The fourth-order valence-corrected chi connectivity index (χ4v) is 1.70. The number of halogens is 1. The minimum Gasteiger partial charge on any atom is -0.477 e. The van der Waals surface area contributed by atoms with Gasteiger partial charge in [0.05, 0.1) is 19.0 Å². The SMILES string of the molecule is CCOc1cncc(NC(C)C(C)CBr)n1. The van der Waals surface area contributed by atoms with E-state index in [1.54, 1.807) is 12.4 Å². The van der Waals surface area contributed by atoms with Gasteiger partial charge in [-0.2, -0.15) is 4.98 Å². The average molecular weight is 288 g/mol. The summed E-state index contributed by atoms with van der Waals surface area (Å²) < 4.78 is 5.29. The van der Waals surface area contributed by atoms with Gasteiger partial charge in [0.15, 0.2) is 0 Å². The third-order valence-corrected chi connectivity index (χ3v) is 3.40. The van der Waals surface area contributed by atoms with Crippen molar-refractivity contribution < 1.29 is 4.74 Å². The Hall–Kier alpha value is -0.840. The first-order valence-electron chi connectivity index (χ1n) is 5.44. The molecule has 1 aromatic rings. The Kier molecular flexibility index (Phi) is 5.52. The molecule has 5 heteroatoms. The monoisotopic (exact) mass is 287 g/mol. The van der Waals surface area contributed by atoms with E-state index in [4.69, 9.17) is 4.74 Å². The predicted molar refractivity (Wildman–Crippen MR) is 69.2 cm³/mol. The zero-order valence-electron chi connectivity index (χ0n) is 9.90. The second-order valence-corrected chi connectivity index (χ2v) is 4.39. The van der Waals surface area contributed by atoms with Gasteiger partial charge in [-0.15, -0.1) is 0 Å². The maximum absolute atomic E-state index is 5.29. The van der Waals surface area contributed by atoms with Gasteiger partial charge in [0.25, 0.3) is 0 Å². The fourth-order valence-electron chi connectivity index (χ4n) is 1.14. The van der Waals surface area contributed by atoms with Gasteiger partial charge >= 0.3 is 0 Å². The summed E-state index contributed by atoms with van der Waals surface area (Å²) in [5, 5.41) is 4.27. The molecule has 16 heavy (non-hydrogen) atoms. The highest BCUT2D eigenvalue weighted by atomic mass is 79.9. The van der Waals surface area contributed by atoms with E-state index in [1.807, 2.05) is 6.92 Å². The van der Waals surface area contributed by atoms with Crippen molar-refractivity contribution >= 4 is 21.7 Å². The molecule has 2 atom stereocenters. The molecule has 90 valence electrons. The first-order valence-corrected chi connectivity index (χ1v) is 6.56. The maximum atomic E-state index is 5.29. The molecule has 0 aliphatic heterocycles. The highest BCUT2D eigenvalue weighted by Gasteiger charge is 2.11. The predicted octanol–water partition coefficient (Wildman–Crippen LogP) is 2.71. The number of nitrogens with zero attached hydrogens (tertiary/aromatic N) is 2. The highest BCUT2D eigenvalue weighted by Crippen LogP contribution is 2.14. The lowest BCUT2D eigenvalue weighted by Gasteiger charge is -2.19. The van der Waals surface area contributed by atoms with E-state index in [-0.39, 0.29) is 0 Å². The molecule has 1 rings (SSSR count). The van der Waals surface area contributed by atoms with E-state index in [0.717, 1.165) is 11.1 Å². The van der Waals surface area contributed by atoms with Gasteiger partial charge in [-0.25, -0.2) is 0 Å². The lowest BCUT2D eigenvalue weighted by Crippen LogP contribution is -2.25. The zero-order chi connectivity index (χ0) is 12.0. The number of rotatable bonds is 6. The van der Waals surface area contributed by atoms with E-state index in [9.17, 15) is 0 Å². The van der Waals surface area contributed by atoms with Crippen molar-refractivity contribution in [1.82, 2.24) is 9.97 Å². The van der Waals surface area contributed by atoms with Crippen LogP contribution in [0, 0.1) is 5.92 Å². The summed E-state index contributed by atoms with van der Waals surface area (Å²) in [5.74, 6) is 1.84. The molecule has 4 nitrogen and oxygen atoms in total. The van der Waals surface area contributed by atoms with Gasteiger partial charge in [-0.1, -0.05) is 22.9 Å². The van der Waals surface area contributed by atoms with Crippen molar-refractivity contribution in [2.75, 3.05) is 17.3 Å². The van der Waals surface area contributed by atoms with E-state index in [1.165, 1.54) is 0 Å². The summed E-state index contributed by atoms with van der Waals surface area (Å²) in [6, 6.07) is 0.338. The smallest absolute Gasteiger partial charge is 0.234 e. The Bertz CT molecular complexity index is 322. The van der Waals surface area contributed by atoms with Crippen LogP contribution in [-0.2, 0) is 0 Å². The average Bonchev–Trinajstić information content (AvgIpc) is 2.29. The maximum Gasteiger partial charge on any atom is 0.234 e. The summed E-state index contributed by atoms with van der Waals surface area (Å²) in [6.45, 7) is 6.83. The Balaban J connectivity index is 2.62. The Labute approximate surface area is 105 Å². The van der Waals surface area contributed by atoms with Crippen LogP contribution < -0.4 is 10.1 Å². The number of ether oxygens (including phenoxy) is 1. The van der Waals surface area contributed by atoms with Crippen molar-refractivity contribution in [3.8, 4) is 5.88 Å². The number of alkyl halides is 1. The zero-order valence-corrected chi connectivity index (χ0v) is 11.5. The third kappa shape index (κ3) is 3.96. The van der Waals surface area contributed by atoms with Crippen molar-refractivity contribution in [3.05, 3.63) is 12.4 Å². The molecule has 0 aliphatic rings. The second-order valence-electron chi connectivity index (χ2n) is 3.74. The third-order valence-electron chi connectivity index (χ3n) is 2.38. The molecule has 0 spiro atoms. The lowest BCUT2D eigenvalue weighted by molar-refractivity contribution is 0.325. The van der Waals surface area contributed by atoms with Gasteiger partial charge in [-0.3, -0.25) is 4.98 Å². The van der Waals surface area contributed by atoms with E-state index >= 15 is 0 Å². The quantitative estimate of drug-likeness (QED) is 0.818. The van der Waals surface area contributed by atoms with E-state index < -0.39 is 0 Å². The summed E-state index contributed by atoms with van der Waals surface area (Å²) in [4.78, 5) is 8.39. The van der Waals surface area contributed by atoms with Gasteiger partial charge in [0.2, 0.25) is 5.88 Å². The topological polar surface area (TPSA) is 47.0 Å². The number of anilines is 1. The Morgan fingerprint density at radius 3 is 2.81 bits per heavy atom. The van der Waals surface area contributed by atoms with Gasteiger partial charge in [0, 0.05) is 11.4 Å². The van der Waals surface area contributed by atoms with Crippen LogP contribution in [0.2, 0.25) is 0 Å². The fraction of sp³-hybridized carbons (Fsp3) is 0.636. The summed E-state index contributed by atoms with van der Waals surface area (Å²) in [6.07, 6.45) is 3.33. The highest BCUT2D eigenvalue weighted by molar-refractivity contribution is 9.09. The van der Waals surface area contributed by atoms with Crippen molar-refractivity contribution in [2.45, 2.75) is 26.8 Å². The van der Waals surface area contributed by atoms with Crippen LogP contribution in [0.1, 0.15) is 20.8 Å². The molecule has 1 heterocycles. The van der Waals surface area contributed by atoms with Crippen LogP contribution in [0.4, 0.5) is 5.82 Å². The Morgan fingerprint density at radius 2 is 2.19 bits per heavy atom. The van der Waals surface area contributed by atoms with Crippen molar-refractivity contribution in [2.24, 2.45) is 5.92 Å². The summed E-state index contributed by atoms with van der Waals surface area (Å²) in [5.41, 5.74) is 0. The van der Waals surface area contributed by atoms with Crippen molar-refractivity contribution in [3.63, 3.8) is 0 Å². The largest absolute Gasteiger partial charge is 0.477 e. The second kappa shape index (κ2) is 6.68. The molecular weight excluding hydrogens is 270 g/mol. The normalized spacial score (nSPS) is 14.2. The van der Waals surface area contributed by atoms with Crippen molar-refractivity contribution in [1.29, 1.82) is 0 Å². The van der Waals surface area contributed by atoms with Crippen LogP contribution in [-0.4, -0.2) is 27.9 Å². The molecule has 0 aromatic carbocycles.